The third kappa shape index (κ3) is 5.60. The normalized spacial score (nSPS) is 11.7. The van der Waals surface area contributed by atoms with Gasteiger partial charge in [0, 0.05) is 21.9 Å². The number of hydrogen-bond acceptors (Lipinski definition) is 9. The van der Waals surface area contributed by atoms with Crippen LogP contribution in [-0.4, -0.2) is 28.8 Å². The molecule has 9 nitrogen and oxygen atoms in total. The van der Waals surface area contributed by atoms with E-state index in [4.69, 9.17) is 13.1 Å². The summed E-state index contributed by atoms with van der Waals surface area (Å²) in [5.74, 6) is -2.76. The zero-order valence-electron chi connectivity index (χ0n) is 20.8. The zero-order valence-corrected chi connectivity index (χ0v) is 22.5. The van der Waals surface area contributed by atoms with Crippen LogP contribution in [0.5, 0.6) is 11.5 Å². The summed E-state index contributed by atoms with van der Waals surface area (Å²) in [4.78, 5) is 23.1. The molecule has 0 saturated carbocycles. The maximum Gasteiger partial charge on any atom is 0.338 e. The molecule has 4 aromatic carbocycles. The van der Waals surface area contributed by atoms with E-state index in [-0.39, 0.29) is 21.9 Å². The fraction of sp³-hybridized carbons (Fsp3) is 0.0714. The van der Waals surface area contributed by atoms with E-state index in [9.17, 15) is 26.4 Å². The highest BCUT2D eigenvalue weighted by Gasteiger charge is 2.35. The molecule has 0 aromatic heterocycles. The van der Waals surface area contributed by atoms with Crippen molar-refractivity contribution in [1.29, 1.82) is 0 Å². The lowest BCUT2D eigenvalue weighted by Gasteiger charge is -2.16. The van der Waals surface area contributed by atoms with Gasteiger partial charge in [-0.2, -0.15) is 16.8 Å². The van der Waals surface area contributed by atoms with Crippen molar-refractivity contribution in [2.75, 3.05) is 0 Å². The molecule has 11 heteroatoms. The third-order valence-corrected chi connectivity index (χ3v) is 8.74. The van der Waals surface area contributed by atoms with E-state index < -0.39 is 53.5 Å². The molecule has 4 rings (SSSR count). The van der Waals surface area contributed by atoms with Crippen LogP contribution in [0, 0.1) is 0 Å². The second-order valence-corrected chi connectivity index (χ2v) is 11.7. The Morgan fingerprint density at radius 2 is 0.949 bits per heavy atom. The molecule has 39 heavy (non-hydrogen) atoms. The van der Waals surface area contributed by atoms with Gasteiger partial charge in [0.05, 0.1) is 0 Å². The van der Waals surface area contributed by atoms with E-state index in [0.717, 1.165) is 0 Å². The maximum atomic E-state index is 13.6. The van der Waals surface area contributed by atoms with Crippen LogP contribution in [-0.2, 0) is 33.5 Å². The van der Waals surface area contributed by atoms with E-state index in [2.05, 4.69) is 13.2 Å². The van der Waals surface area contributed by atoms with Gasteiger partial charge in [0.15, 0.2) is 11.5 Å². The summed E-state index contributed by atoms with van der Waals surface area (Å²) in [5, 5.41) is 0.917. The van der Waals surface area contributed by atoms with Crippen LogP contribution >= 0.6 is 0 Å². The van der Waals surface area contributed by atoms with Crippen molar-refractivity contribution in [3.8, 4) is 11.5 Å². The van der Waals surface area contributed by atoms with Gasteiger partial charge in [-0.25, -0.2) is 9.59 Å². The summed E-state index contributed by atoms with van der Waals surface area (Å²) >= 11 is 0. The smallest absolute Gasteiger partial charge is 0.338 e. The number of rotatable bonds is 8. The quantitative estimate of drug-likeness (QED) is 0.163. The van der Waals surface area contributed by atoms with E-state index in [1.165, 1.54) is 62.4 Å². The molecule has 0 spiro atoms. The van der Waals surface area contributed by atoms with Crippen molar-refractivity contribution in [1.82, 2.24) is 0 Å². The second kappa shape index (κ2) is 10.4. The predicted octanol–water partition coefficient (Wildman–Crippen LogP) is 5.05. The number of fused-ring (bicyclic) bond motifs is 2. The molecular weight excluding hydrogens is 544 g/mol. The Bertz CT molecular complexity index is 1770. The van der Waals surface area contributed by atoms with E-state index in [0.29, 0.717) is 10.8 Å². The molecule has 0 aliphatic rings. The van der Waals surface area contributed by atoms with Crippen LogP contribution in [0.3, 0.4) is 0 Å². The Morgan fingerprint density at radius 3 is 1.31 bits per heavy atom. The van der Waals surface area contributed by atoms with Crippen molar-refractivity contribution in [3.05, 3.63) is 97.1 Å². The van der Waals surface area contributed by atoms with Crippen LogP contribution in [0.15, 0.2) is 107 Å². The Balaban J connectivity index is 1.92. The minimum atomic E-state index is -5.18. The number of esters is 2. The van der Waals surface area contributed by atoms with E-state index in [1.54, 1.807) is 24.3 Å². The Morgan fingerprint density at radius 1 is 0.590 bits per heavy atom. The fourth-order valence-corrected chi connectivity index (χ4v) is 6.79. The highest BCUT2D eigenvalue weighted by molar-refractivity contribution is 8.00. The summed E-state index contributed by atoms with van der Waals surface area (Å²) in [5.41, 5.74) is -0.0282. The van der Waals surface area contributed by atoms with E-state index >= 15 is 0 Å². The monoisotopic (exact) mass is 566 g/mol. The Kier molecular flexibility index (Phi) is 7.42. The lowest BCUT2D eigenvalue weighted by Crippen LogP contribution is -2.19. The molecule has 4 aromatic rings. The molecule has 0 unspecified atom stereocenters. The predicted molar refractivity (Wildman–Crippen MR) is 144 cm³/mol. The first-order valence-corrected chi connectivity index (χ1v) is 14.1. The summed E-state index contributed by atoms with van der Waals surface area (Å²) in [6.45, 7) is 9.70. The Hall–Kier alpha value is -4.32. The standard InChI is InChI=1S/C28H22O9S2/c1-17(2)27(29)35-23-15-13-19-9-5-7-11-21(19)25(23)38(31,32)37-39(33,34)26-22-12-8-6-10-20(22)14-16-24(26)36-28(30)18(3)4/h5-16H,1,3H2,2,4H3. The number of carbonyl (C=O) groups excluding carboxylic acids is 2. The van der Waals surface area contributed by atoms with Crippen LogP contribution < -0.4 is 9.47 Å². The van der Waals surface area contributed by atoms with Gasteiger partial charge in [0.1, 0.15) is 9.79 Å². The maximum absolute atomic E-state index is 13.6. The van der Waals surface area contributed by atoms with Crippen molar-refractivity contribution >= 4 is 53.7 Å². The lowest BCUT2D eigenvalue weighted by atomic mass is 10.1. The zero-order chi connectivity index (χ0) is 28.5. The largest absolute Gasteiger partial charge is 0.422 e. The summed E-state index contributed by atoms with van der Waals surface area (Å²) in [6.07, 6.45) is 0. The van der Waals surface area contributed by atoms with Gasteiger partial charge in [-0.3, -0.25) is 0 Å². The topological polar surface area (TPSA) is 130 Å². The molecule has 0 bridgehead atoms. The average Bonchev–Trinajstić information content (AvgIpc) is 2.87. The molecular formula is C28H22O9S2. The van der Waals surface area contributed by atoms with Crippen molar-refractivity contribution < 1.29 is 39.5 Å². The Labute approximate surface area is 225 Å². The summed E-state index contributed by atoms with van der Waals surface area (Å²) < 4.78 is 69.9. The van der Waals surface area contributed by atoms with Crippen molar-refractivity contribution in [3.63, 3.8) is 0 Å². The lowest BCUT2D eigenvalue weighted by molar-refractivity contribution is -0.131. The number of carbonyl (C=O) groups is 2. The van der Waals surface area contributed by atoms with Crippen molar-refractivity contribution in [2.45, 2.75) is 23.6 Å². The minimum absolute atomic E-state index is 0.0141. The molecule has 200 valence electrons. The number of hydrogen-bond donors (Lipinski definition) is 0. The first-order chi connectivity index (χ1) is 18.3. The molecule has 0 atom stereocenters. The number of ether oxygens (including phenoxy) is 2. The van der Waals surface area contributed by atoms with Gasteiger partial charge < -0.3 is 9.47 Å². The van der Waals surface area contributed by atoms with Crippen LogP contribution in [0.25, 0.3) is 21.5 Å². The molecule has 0 aliphatic heterocycles. The molecule has 0 heterocycles. The van der Waals surface area contributed by atoms with Gasteiger partial charge in [-0.05, 0) is 36.8 Å². The first kappa shape index (κ1) is 27.7. The molecule has 0 radical (unpaired) electrons. The minimum Gasteiger partial charge on any atom is -0.422 e. The van der Waals surface area contributed by atoms with Gasteiger partial charge >= 0.3 is 32.2 Å². The molecule has 0 fully saturated rings. The van der Waals surface area contributed by atoms with Crippen LogP contribution in [0.4, 0.5) is 0 Å². The first-order valence-electron chi connectivity index (χ1n) is 11.3. The molecule has 0 amide bonds. The van der Waals surface area contributed by atoms with Crippen LogP contribution in [0.1, 0.15) is 13.8 Å². The second-order valence-electron chi connectivity index (χ2n) is 8.54. The SMILES string of the molecule is C=C(C)C(=O)Oc1ccc2ccccc2c1S(=O)(=O)OS(=O)(=O)c1c(OC(=O)C(=C)C)ccc2ccccc12. The van der Waals surface area contributed by atoms with Crippen LogP contribution in [0.2, 0.25) is 0 Å². The van der Waals surface area contributed by atoms with E-state index in [1.807, 2.05) is 0 Å². The van der Waals surface area contributed by atoms with Gasteiger partial charge in [0.2, 0.25) is 0 Å². The highest BCUT2D eigenvalue weighted by atomic mass is 32.3. The van der Waals surface area contributed by atoms with Crippen molar-refractivity contribution in [2.24, 2.45) is 0 Å². The highest BCUT2D eigenvalue weighted by Crippen LogP contribution is 2.39. The van der Waals surface area contributed by atoms with Gasteiger partial charge in [-0.1, -0.05) is 73.8 Å². The fourth-order valence-electron chi connectivity index (χ4n) is 3.68. The number of benzene rings is 4. The third-order valence-electron chi connectivity index (χ3n) is 5.47. The summed E-state index contributed by atoms with van der Waals surface area (Å²) in [6, 6.07) is 17.8. The van der Waals surface area contributed by atoms with Gasteiger partial charge in [0.25, 0.3) is 0 Å². The molecule has 0 saturated heterocycles. The summed E-state index contributed by atoms with van der Waals surface area (Å²) in [7, 11) is -10.4. The molecule has 0 N–H and O–H groups in total. The average molecular weight is 567 g/mol. The van der Waals surface area contributed by atoms with Gasteiger partial charge in [-0.15, -0.1) is 3.63 Å². The molecule has 0 aliphatic carbocycles.